The summed E-state index contributed by atoms with van der Waals surface area (Å²) in [7, 11) is -3.85. The van der Waals surface area contributed by atoms with Gasteiger partial charge in [-0.3, -0.25) is 24.0 Å². The number of ether oxygens (including phenoxy) is 1. The molecule has 3 fully saturated rings. The molecule has 12 nitrogen and oxygen atoms in total. The van der Waals surface area contributed by atoms with E-state index < -0.39 is 62.8 Å². The van der Waals surface area contributed by atoms with Gasteiger partial charge >= 0.3 is 6.09 Å². The molecule has 5 aliphatic rings. The molecule has 4 bridgehead atoms. The van der Waals surface area contributed by atoms with Crippen LogP contribution in [0.2, 0.25) is 0 Å². The zero-order valence-electron chi connectivity index (χ0n) is 29.6. The number of fused-ring (bicyclic) bond motifs is 3. The largest absolute Gasteiger partial charge is 0.444 e. The normalized spacial score (nSPS) is 30.8. The predicted molar refractivity (Wildman–Crippen MR) is 188 cm³/mol. The van der Waals surface area contributed by atoms with Crippen LogP contribution in [0.4, 0.5) is 4.79 Å². The van der Waals surface area contributed by atoms with E-state index in [4.69, 9.17) is 4.74 Å². The minimum absolute atomic E-state index is 0.0219. The molecule has 0 aromatic heterocycles. The summed E-state index contributed by atoms with van der Waals surface area (Å²) < 4.78 is 33.5. The predicted octanol–water partition coefficient (Wildman–Crippen LogP) is 3.68. The van der Waals surface area contributed by atoms with Crippen molar-refractivity contribution in [3.8, 4) is 0 Å². The van der Waals surface area contributed by atoms with Crippen LogP contribution in [-0.4, -0.2) is 83.6 Å². The molecule has 1 aromatic rings. The van der Waals surface area contributed by atoms with Crippen molar-refractivity contribution < 1.29 is 32.3 Å². The summed E-state index contributed by atoms with van der Waals surface area (Å²) in [5.41, 5.74) is 2.06. The van der Waals surface area contributed by atoms with Crippen LogP contribution in [0.3, 0.4) is 0 Å². The highest BCUT2D eigenvalue weighted by atomic mass is 32.2. The lowest BCUT2D eigenvalue weighted by Gasteiger charge is -2.33. The number of carbonyl (C=O) groups is 4. The summed E-state index contributed by atoms with van der Waals surface area (Å²) in [4.78, 5) is 58.7. The van der Waals surface area contributed by atoms with Gasteiger partial charge in [0, 0.05) is 31.5 Å². The van der Waals surface area contributed by atoms with Crippen molar-refractivity contribution in [3.05, 3.63) is 47.5 Å². The van der Waals surface area contributed by atoms with Gasteiger partial charge in [-0.2, -0.15) is 0 Å². The van der Waals surface area contributed by atoms with Crippen LogP contribution in [-0.2, 0) is 48.7 Å². The number of hydrogen-bond acceptors (Lipinski definition) is 8. The summed E-state index contributed by atoms with van der Waals surface area (Å²) >= 11 is 0. The third kappa shape index (κ3) is 7.73. The Labute approximate surface area is 296 Å². The number of amides is 4. The SMILES string of the molecule is C=C[C@@H]1C[C@]1(NC(=O)[C@@H]1C[C@@H]2CN1C(=O)[C@@H](C(C)C)N[C@@H](C)CCCCCCCc1cccc3c1CN(C3)C(=O)O2)C(=O)NS(=O)(=O)C1CC1. The molecule has 13 heteroatoms. The van der Waals surface area contributed by atoms with Gasteiger partial charge in [-0.05, 0) is 68.1 Å². The van der Waals surface area contributed by atoms with E-state index in [1.165, 1.54) is 22.1 Å². The Hall–Kier alpha value is -3.45. The molecule has 2 saturated carbocycles. The van der Waals surface area contributed by atoms with Gasteiger partial charge in [0.05, 0.1) is 17.8 Å². The highest BCUT2D eigenvalue weighted by molar-refractivity contribution is 7.91. The molecular formula is C37H53N5O7S. The lowest BCUT2D eigenvalue weighted by molar-refractivity contribution is -0.142. The number of aryl methyl sites for hydroxylation is 1. The molecule has 1 saturated heterocycles. The number of nitrogens with one attached hydrogen (secondary N) is 3. The van der Waals surface area contributed by atoms with E-state index in [0.717, 1.165) is 50.5 Å². The van der Waals surface area contributed by atoms with Gasteiger partial charge in [-0.25, -0.2) is 13.2 Å². The monoisotopic (exact) mass is 711 g/mol. The zero-order valence-corrected chi connectivity index (χ0v) is 30.4. The van der Waals surface area contributed by atoms with Crippen LogP contribution in [0.5, 0.6) is 0 Å². The summed E-state index contributed by atoms with van der Waals surface area (Å²) in [6, 6.07) is 4.68. The molecule has 0 spiro atoms. The first-order valence-electron chi connectivity index (χ1n) is 18.4. The number of hydrogen-bond donors (Lipinski definition) is 3. The van der Waals surface area contributed by atoms with E-state index in [1.54, 1.807) is 4.90 Å². The molecule has 3 heterocycles. The highest BCUT2D eigenvalue weighted by Crippen LogP contribution is 2.45. The van der Waals surface area contributed by atoms with Gasteiger partial charge < -0.3 is 20.3 Å². The summed E-state index contributed by atoms with van der Waals surface area (Å²) in [5.74, 6) is -2.22. The van der Waals surface area contributed by atoms with Gasteiger partial charge in [-0.1, -0.05) is 63.8 Å². The van der Waals surface area contributed by atoms with Crippen LogP contribution in [0, 0.1) is 11.8 Å². The molecule has 274 valence electrons. The molecule has 3 N–H and O–H groups in total. The van der Waals surface area contributed by atoms with Gasteiger partial charge in [-0.15, -0.1) is 6.58 Å². The van der Waals surface area contributed by atoms with Crippen LogP contribution < -0.4 is 15.4 Å². The molecule has 6 atom stereocenters. The van der Waals surface area contributed by atoms with Gasteiger partial charge in [0.2, 0.25) is 21.8 Å². The summed E-state index contributed by atoms with van der Waals surface area (Å²) in [5, 5.41) is 5.74. The molecule has 6 rings (SSSR count). The minimum atomic E-state index is -3.85. The third-order valence-corrected chi connectivity index (χ3v) is 13.0. The zero-order chi connectivity index (χ0) is 35.8. The van der Waals surface area contributed by atoms with E-state index in [1.807, 2.05) is 19.9 Å². The second-order valence-electron chi connectivity index (χ2n) is 15.4. The molecule has 4 amide bonds. The summed E-state index contributed by atoms with van der Waals surface area (Å²) in [6.07, 6.45) is 8.89. The second kappa shape index (κ2) is 14.7. The maximum atomic E-state index is 14.4. The number of nitrogens with zero attached hydrogens (tertiary/aromatic N) is 2. The standard InChI is InChI=1S/C37H53N5O7S/c1-5-27-19-37(27,35(45)40-50(47,48)29-16-17-29)39-33(43)31-18-28-21-42(31)34(44)32(23(2)3)38-24(4)12-9-7-6-8-10-13-25-14-11-15-26-20-41(22-30(25)26)36(46)49-28/h5,11,14-15,23-24,27-29,31-32,38H,1,6-10,12-13,16-22H2,2-4H3,(H,39,43)(H,40,45)/t24-,27+,28+,31-,32+,37+/m0/s1. The molecule has 50 heavy (non-hydrogen) atoms. The molecule has 2 aliphatic carbocycles. The van der Waals surface area contributed by atoms with E-state index in [9.17, 15) is 27.6 Å². The van der Waals surface area contributed by atoms with Crippen molar-refractivity contribution in [1.82, 2.24) is 25.2 Å². The fraction of sp³-hybridized carbons (Fsp3) is 0.676. The fourth-order valence-electron chi connectivity index (χ4n) is 7.88. The van der Waals surface area contributed by atoms with E-state index >= 15 is 0 Å². The van der Waals surface area contributed by atoms with Crippen LogP contribution in [0.25, 0.3) is 0 Å². The summed E-state index contributed by atoms with van der Waals surface area (Å²) in [6.45, 7) is 10.7. The van der Waals surface area contributed by atoms with E-state index in [0.29, 0.717) is 25.9 Å². The van der Waals surface area contributed by atoms with Crippen LogP contribution in [0.1, 0.15) is 102 Å². The van der Waals surface area contributed by atoms with Crippen LogP contribution in [0.15, 0.2) is 30.9 Å². The Balaban J connectivity index is 1.24. The third-order valence-electron chi connectivity index (χ3n) is 11.2. The van der Waals surface area contributed by atoms with E-state index in [-0.39, 0.29) is 37.3 Å². The minimum Gasteiger partial charge on any atom is -0.444 e. The molecule has 0 radical (unpaired) electrons. The van der Waals surface area contributed by atoms with Gasteiger partial charge in [0.25, 0.3) is 5.91 Å². The molecule has 3 aliphatic heterocycles. The number of carbonyl (C=O) groups excluding carboxylic acids is 4. The Morgan fingerprint density at radius 1 is 1.06 bits per heavy atom. The van der Waals surface area contributed by atoms with Crippen molar-refractivity contribution in [1.29, 1.82) is 0 Å². The Bertz CT molecular complexity index is 1610. The second-order valence-corrected chi connectivity index (χ2v) is 17.4. The Morgan fingerprint density at radius 2 is 1.78 bits per heavy atom. The van der Waals surface area contributed by atoms with Gasteiger partial charge in [0.15, 0.2) is 0 Å². The van der Waals surface area contributed by atoms with Crippen molar-refractivity contribution >= 4 is 33.8 Å². The van der Waals surface area contributed by atoms with Crippen LogP contribution >= 0.6 is 0 Å². The number of rotatable bonds is 7. The lowest BCUT2D eigenvalue weighted by atomic mass is 9.97. The Kier molecular flexibility index (Phi) is 10.7. The molecular weight excluding hydrogens is 659 g/mol. The topological polar surface area (TPSA) is 154 Å². The smallest absolute Gasteiger partial charge is 0.410 e. The highest BCUT2D eigenvalue weighted by Gasteiger charge is 2.62. The van der Waals surface area contributed by atoms with Crippen molar-refractivity contribution in [2.45, 2.75) is 140 Å². The quantitative estimate of drug-likeness (QED) is 0.362. The van der Waals surface area contributed by atoms with Gasteiger partial charge in [0.1, 0.15) is 17.7 Å². The maximum Gasteiger partial charge on any atom is 0.410 e. The first-order chi connectivity index (χ1) is 23.8. The van der Waals surface area contributed by atoms with Crippen molar-refractivity contribution in [3.63, 3.8) is 0 Å². The fourth-order valence-corrected chi connectivity index (χ4v) is 9.24. The lowest BCUT2D eigenvalue weighted by Crippen LogP contribution is -2.59. The first kappa shape index (κ1) is 36.3. The first-order valence-corrected chi connectivity index (χ1v) is 20.0. The maximum absolute atomic E-state index is 14.4. The van der Waals surface area contributed by atoms with E-state index in [2.05, 4.69) is 41.0 Å². The average Bonchev–Trinajstić information content (AvgIpc) is 3.96. The number of benzene rings is 1. The van der Waals surface area contributed by atoms with Crippen molar-refractivity contribution in [2.24, 2.45) is 11.8 Å². The average molecular weight is 712 g/mol. The molecule has 0 unspecified atom stereocenters. The number of sulfonamides is 1. The van der Waals surface area contributed by atoms with Crippen molar-refractivity contribution in [2.75, 3.05) is 6.54 Å². The Morgan fingerprint density at radius 3 is 2.48 bits per heavy atom. The molecule has 1 aromatic carbocycles.